The van der Waals surface area contributed by atoms with Gasteiger partial charge in [0.1, 0.15) is 19.0 Å². The van der Waals surface area contributed by atoms with E-state index in [4.69, 9.17) is 14.2 Å². The van der Waals surface area contributed by atoms with E-state index in [-0.39, 0.29) is 6.54 Å². The van der Waals surface area contributed by atoms with Gasteiger partial charge in [0.2, 0.25) is 6.01 Å². The molecule has 172 valence electrons. The Balaban J connectivity index is 1.57. The van der Waals surface area contributed by atoms with E-state index >= 15 is 0 Å². The monoisotopic (exact) mass is 465 g/mol. The highest BCUT2D eigenvalue weighted by atomic mass is 32.2. The van der Waals surface area contributed by atoms with Gasteiger partial charge in [-0.2, -0.15) is 0 Å². The maximum atomic E-state index is 13.0. The van der Waals surface area contributed by atoms with Crippen LogP contribution in [0.3, 0.4) is 0 Å². The highest BCUT2D eigenvalue weighted by Crippen LogP contribution is 2.36. The highest BCUT2D eigenvalue weighted by Gasteiger charge is 2.40. The third-order valence-electron chi connectivity index (χ3n) is 5.35. The number of fused-ring (bicyclic) bond motifs is 1. The van der Waals surface area contributed by atoms with Gasteiger partial charge in [0.25, 0.3) is 10.0 Å². The molecule has 1 atom stereocenters. The van der Waals surface area contributed by atoms with Crippen LogP contribution in [0.25, 0.3) is 0 Å². The first kappa shape index (κ1) is 22.2. The number of hydrogen-bond donors (Lipinski definition) is 1. The van der Waals surface area contributed by atoms with Crippen LogP contribution in [0.4, 0.5) is 9.18 Å². The number of urea groups is 1. The van der Waals surface area contributed by atoms with Crippen molar-refractivity contribution in [2.75, 3.05) is 39.4 Å². The molecule has 4 rings (SSSR count). The molecule has 32 heavy (non-hydrogen) atoms. The summed E-state index contributed by atoms with van der Waals surface area (Å²) in [5.41, 5.74) is 1.75. The molecule has 9 nitrogen and oxygen atoms in total. The van der Waals surface area contributed by atoms with Gasteiger partial charge >= 0.3 is 6.03 Å². The number of alkyl halides is 1. The number of methoxy groups -OCH3 is 1. The molecule has 1 unspecified atom stereocenters. The van der Waals surface area contributed by atoms with Gasteiger partial charge < -0.3 is 19.1 Å². The molecule has 2 heterocycles. The molecule has 2 aliphatic rings. The van der Waals surface area contributed by atoms with Crippen LogP contribution in [0, 0.1) is 0 Å². The Labute approximate surface area is 185 Å². The molecule has 0 aromatic heterocycles. The van der Waals surface area contributed by atoms with Gasteiger partial charge in [0.15, 0.2) is 11.5 Å². The van der Waals surface area contributed by atoms with Crippen molar-refractivity contribution >= 4 is 16.1 Å². The van der Waals surface area contributed by atoms with Crippen molar-refractivity contribution in [2.45, 2.75) is 12.5 Å². The van der Waals surface area contributed by atoms with Crippen molar-refractivity contribution in [3.63, 3.8) is 0 Å². The number of nitrogens with one attached hydrogen (secondary N) is 1. The molecular weight excluding hydrogens is 441 g/mol. The second-order valence-electron chi connectivity index (χ2n) is 7.42. The second-order valence-corrected chi connectivity index (χ2v) is 9.05. The lowest BCUT2D eigenvalue weighted by molar-refractivity contribution is 0.170. The average Bonchev–Trinajstić information content (AvgIpc) is 3.12. The molecule has 2 aliphatic heterocycles. The number of nitrogens with zero attached hydrogens (tertiary/aromatic N) is 2. The number of benzene rings is 2. The summed E-state index contributed by atoms with van der Waals surface area (Å²) in [6.07, 6.45) is 0.542. The number of ether oxygens (including phenoxy) is 3. The topological polar surface area (TPSA) is 97.4 Å². The van der Waals surface area contributed by atoms with E-state index in [2.05, 4.69) is 0 Å². The maximum Gasteiger partial charge on any atom is 0.335 e. The van der Waals surface area contributed by atoms with E-state index in [1.165, 1.54) is 0 Å². The molecule has 0 saturated carbocycles. The Kier molecular flexibility index (Phi) is 6.38. The lowest BCUT2D eigenvalue weighted by Crippen LogP contribution is -2.45. The summed E-state index contributed by atoms with van der Waals surface area (Å²) in [6, 6.07) is 10.2. The van der Waals surface area contributed by atoms with Crippen LogP contribution in [-0.4, -0.2) is 63.8 Å². The van der Waals surface area contributed by atoms with Crippen LogP contribution < -0.4 is 19.0 Å². The van der Waals surface area contributed by atoms with Crippen LogP contribution in [0.5, 0.6) is 17.2 Å². The fourth-order valence-electron chi connectivity index (χ4n) is 3.75. The van der Waals surface area contributed by atoms with Gasteiger partial charge in [-0.15, -0.1) is 4.83 Å². The summed E-state index contributed by atoms with van der Waals surface area (Å²) >= 11 is 0. The molecule has 2 aromatic carbocycles. The first-order chi connectivity index (χ1) is 15.4. The fourth-order valence-corrected chi connectivity index (χ4v) is 4.29. The molecule has 0 spiro atoms. The van der Waals surface area contributed by atoms with E-state index in [1.807, 2.05) is 35.2 Å². The van der Waals surface area contributed by atoms with Gasteiger partial charge in [0, 0.05) is 6.54 Å². The third kappa shape index (κ3) is 4.73. The third-order valence-corrected chi connectivity index (χ3v) is 6.14. The summed E-state index contributed by atoms with van der Waals surface area (Å²) < 4.78 is 52.7. The van der Waals surface area contributed by atoms with Crippen LogP contribution in [0.15, 0.2) is 42.5 Å². The number of rotatable bonds is 8. The van der Waals surface area contributed by atoms with Crippen LogP contribution in [0.2, 0.25) is 0 Å². The normalized spacial score (nSPS) is 18.2. The van der Waals surface area contributed by atoms with Crippen molar-refractivity contribution in [2.24, 2.45) is 0 Å². The minimum atomic E-state index is -4.25. The summed E-state index contributed by atoms with van der Waals surface area (Å²) in [6.45, 7) is 1.24. The zero-order chi connectivity index (χ0) is 22.7. The van der Waals surface area contributed by atoms with Gasteiger partial charge in [-0.3, -0.25) is 0 Å². The SMILES string of the molecule is COc1ccc(CCN2C(=O)N(NS(=O)(=O)CF)CC2c2ccc3c(c2)OCCO3)cc1. The van der Waals surface area contributed by atoms with E-state index in [0.29, 0.717) is 37.7 Å². The van der Waals surface area contributed by atoms with E-state index in [0.717, 1.165) is 21.9 Å². The molecule has 1 fully saturated rings. The van der Waals surface area contributed by atoms with E-state index in [1.54, 1.807) is 24.1 Å². The second kappa shape index (κ2) is 9.21. The van der Waals surface area contributed by atoms with Gasteiger partial charge in [-0.25, -0.2) is 22.6 Å². The first-order valence-electron chi connectivity index (χ1n) is 10.1. The van der Waals surface area contributed by atoms with Crippen molar-refractivity contribution in [1.82, 2.24) is 14.7 Å². The number of hydrogen-bond acceptors (Lipinski definition) is 6. The van der Waals surface area contributed by atoms with Crippen LogP contribution in [0.1, 0.15) is 17.2 Å². The van der Waals surface area contributed by atoms with Crippen molar-refractivity contribution in [3.05, 3.63) is 53.6 Å². The lowest BCUT2D eigenvalue weighted by Gasteiger charge is -2.25. The number of amides is 2. The van der Waals surface area contributed by atoms with Gasteiger partial charge in [-0.1, -0.05) is 18.2 Å². The predicted molar refractivity (Wildman–Crippen MR) is 114 cm³/mol. The largest absolute Gasteiger partial charge is 0.497 e. The molecule has 0 radical (unpaired) electrons. The van der Waals surface area contributed by atoms with Gasteiger partial charge in [0.05, 0.1) is 19.7 Å². The molecule has 2 amide bonds. The Bertz CT molecular complexity index is 1080. The highest BCUT2D eigenvalue weighted by molar-refractivity contribution is 7.89. The number of halogens is 1. The van der Waals surface area contributed by atoms with E-state index in [9.17, 15) is 17.6 Å². The first-order valence-corrected chi connectivity index (χ1v) is 11.7. The van der Waals surface area contributed by atoms with E-state index < -0.39 is 28.1 Å². The fraction of sp³-hybridized carbons (Fsp3) is 0.381. The quantitative estimate of drug-likeness (QED) is 0.642. The average molecular weight is 466 g/mol. The molecule has 0 aliphatic carbocycles. The standard InChI is InChI=1S/C21H24FN3O6S/c1-29-17-5-2-15(3-6-17)8-9-24-18(13-25(21(24)26)23-32(27,28)14-22)16-4-7-19-20(12-16)31-11-10-30-19/h2-7,12,18,23H,8-11,13-14H2,1H3. The molecule has 1 saturated heterocycles. The molecule has 1 N–H and O–H groups in total. The van der Waals surface area contributed by atoms with Crippen molar-refractivity contribution < 1.29 is 31.8 Å². The summed E-state index contributed by atoms with van der Waals surface area (Å²) in [5, 5.41) is 0.935. The molecular formula is C21H24FN3O6S. The zero-order valence-electron chi connectivity index (χ0n) is 17.5. The molecule has 0 bridgehead atoms. The smallest absolute Gasteiger partial charge is 0.335 e. The Morgan fingerprint density at radius 2 is 1.84 bits per heavy atom. The van der Waals surface area contributed by atoms with Crippen LogP contribution >= 0.6 is 0 Å². The minimum Gasteiger partial charge on any atom is -0.497 e. The van der Waals surface area contributed by atoms with Crippen molar-refractivity contribution in [1.29, 1.82) is 0 Å². The van der Waals surface area contributed by atoms with Crippen molar-refractivity contribution in [3.8, 4) is 17.2 Å². The Morgan fingerprint density at radius 3 is 2.53 bits per heavy atom. The zero-order valence-corrected chi connectivity index (χ0v) is 18.3. The summed E-state index contributed by atoms with van der Waals surface area (Å²) in [4.78, 5) is 16.6. The Morgan fingerprint density at radius 1 is 1.12 bits per heavy atom. The maximum absolute atomic E-state index is 13.0. The number of hydrazine groups is 1. The Hall–Kier alpha value is -3.05. The molecule has 2 aromatic rings. The predicted octanol–water partition coefficient (Wildman–Crippen LogP) is 2.25. The summed E-state index contributed by atoms with van der Waals surface area (Å²) in [7, 11) is -2.66. The molecule has 11 heteroatoms. The minimum absolute atomic E-state index is 0.0281. The lowest BCUT2D eigenvalue weighted by atomic mass is 10.0. The number of sulfonamides is 1. The number of carbonyl (C=O) groups excluding carboxylic acids is 1. The number of carbonyl (C=O) groups is 1. The van der Waals surface area contributed by atoms with Gasteiger partial charge in [-0.05, 0) is 41.8 Å². The van der Waals surface area contributed by atoms with Crippen LogP contribution in [-0.2, 0) is 16.4 Å². The summed E-state index contributed by atoms with van der Waals surface area (Å²) in [5.74, 6) is 1.91.